The third kappa shape index (κ3) is 2.52. The van der Waals surface area contributed by atoms with Gasteiger partial charge in [0.2, 0.25) is 5.91 Å². The topological polar surface area (TPSA) is 38.3 Å². The third-order valence-electron chi connectivity index (χ3n) is 6.84. The first-order chi connectivity index (χ1) is 11.7. The average molecular weight is 346 g/mol. The maximum Gasteiger partial charge on any atom is 0.227 e. The lowest BCUT2D eigenvalue weighted by atomic mass is 9.54. The number of amides is 1. The maximum atomic E-state index is 12.9. The van der Waals surface area contributed by atoms with Crippen LogP contribution in [-0.2, 0) is 11.2 Å². The fraction of sp³-hybridized carbons (Fsp3) is 0.650. The van der Waals surface area contributed by atoms with Crippen LogP contribution in [-0.4, -0.2) is 18.6 Å². The van der Waals surface area contributed by atoms with Gasteiger partial charge in [-0.05, 0) is 86.0 Å². The predicted octanol–water partition coefficient (Wildman–Crippen LogP) is 3.83. The van der Waals surface area contributed by atoms with Gasteiger partial charge in [-0.25, -0.2) is 0 Å². The fourth-order valence-electron chi connectivity index (χ4n) is 5.97. The number of hydrogen-bond acceptors (Lipinski definition) is 2. The van der Waals surface area contributed by atoms with Gasteiger partial charge in [0.1, 0.15) is 12.4 Å². The lowest BCUT2D eigenvalue weighted by Crippen LogP contribution is -2.57. The molecular weight excluding hydrogens is 322 g/mol. The molecule has 0 radical (unpaired) electrons. The molecule has 0 saturated heterocycles. The molecule has 3 nitrogen and oxygen atoms in total. The van der Waals surface area contributed by atoms with Crippen LogP contribution in [0.1, 0.15) is 37.7 Å². The van der Waals surface area contributed by atoms with Gasteiger partial charge in [-0.3, -0.25) is 4.79 Å². The second-order valence-electron chi connectivity index (χ2n) is 8.43. The van der Waals surface area contributed by atoms with Crippen LogP contribution >= 0.6 is 11.6 Å². The summed E-state index contributed by atoms with van der Waals surface area (Å²) in [4.78, 5) is 12.9. The highest BCUT2D eigenvalue weighted by Crippen LogP contribution is 2.53. The number of carbonyl (C=O) groups is 1. The summed E-state index contributed by atoms with van der Waals surface area (Å²) < 4.78 is 5.80. The van der Waals surface area contributed by atoms with Crippen molar-refractivity contribution in [1.29, 1.82) is 0 Å². The van der Waals surface area contributed by atoms with Gasteiger partial charge >= 0.3 is 0 Å². The van der Waals surface area contributed by atoms with E-state index in [2.05, 4.69) is 5.32 Å². The van der Waals surface area contributed by atoms with E-state index in [4.69, 9.17) is 16.3 Å². The van der Waals surface area contributed by atoms with E-state index in [0.29, 0.717) is 17.7 Å². The molecule has 1 N–H and O–H groups in total. The minimum Gasteiger partial charge on any atom is -0.492 e. The van der Waals surface area contributed by atoms with Crippen molar-refractivity contribution >= 4 is 17.5 Å². The Morgan fingerprint density at radius 1 is 1.08 bits per heavy atom. The number of ether oxygens (including phenoxy) is 1. The molecule has 1 atom stereocenters. The van der Waals surface area contributed by atoms with Crippen LogP contribution in [0, 0.1) is 29.6 Å². The number of halogens is 1. The Bertz CT molecular complexity index is 646. The van der Waals surface area contributed by atoms with E-state index < -0.39 is 0 Å². The van der Waals surface area contributed by atoms with Crippen LogP contribution in [0.3, 0.4) is 0 Å². The smallest absolute Gasteiger partial charge is 0.227 e. The lowest BCUT2D eigenvalue weighted by Gasteiger charge is -2.54. The molecule has 0 aromatic heterocycles. The average Bonchev–Trinajstić information content (AvgIpc) is 2.56. The van der Waals surface area contributed by atoms with Gasteiger partial charge in [0, 0.05) is 11.1 Å². The molecule has 1 aromatic rings. The summed E-state index contributed by atoms with van der Waals surface area (Å²) in [6, 6.07) is 6.09. The molecule has 6 rings (SSSR count). The highest BCUT2D eigenvalue weighted by Gasteiger charge is 2.49. The van der Waals surface area contributed by atoms with Crippen molar-refractivity contribution in [3.8, 4) is 5.75 Å². The van der Waals surface area contributed by atoms with Gasteiger partial charge in [-0.15, -0.1) is 0 Å². The zero-order valence-electron chi connectivity index (χ0n) is 13.8. The van der Waals surface area contributed by atoms with Crippen molar-refractivity contribution in [3.63, 3.8) is 0 Å². The van der Waals surface area contributed by atoms with Crippen molar-refractivity contribution in [3.05, 3.63) is 28.8 Å². The van der Waals surface area contributed by atoms with E-state index in [9.17, 15) is 4.79 Å². The molecule has 1 aromatic carbocycles. The first kappa shape index (κ1) is 15.1. The molecule has 4 aliphatic carbocycles. The number of fused-ring (bicyclic) bond motifs is 1. The summed E-state index contributed by atoms with van der Waals surface area (Å²) in [6.45, 7) is 0.480. The Balaban J connectivity index is 1.28. The standard InChI is InChI=1S/C20H24ClNO2/c21-17-1-2-18-13(9-17)8-16(10-24-18)20(23)22-19-14-4-11-3-12(6-14)7-15(19)5-11/h1-2,9,11-12,14-16,19H,3-8,10H2,(H,22,23). The van der Waals surface area contributed by atoms with Crippen molar-refractivity contribution in [2.75, 3.05) is 6.61 Å². The van der Waals surface area contributed by atoms with Gasteiger partial charge in [0.25, 0.3) is 0 Å². The minimum absolute atomic E-state index is 0.0897. The van der Waals surface area contributed by atoms with E-state index in [1.807, 2.05) is 18.2 Å². The maximum absolute atomic E-state index is 12.9. The normalized spacial score (nSPS) is 39.2. The Labute approximate surface area is 148 Å². The number of rotatable bonds is 2. The molecule has 128 valence electrons. The summed E-state index contributed by atoms with van der Waals surface area (Å²) in [5.41, 5.74) is 1.05. The molecule has 4 heteroatoms. The summed E-state index contributed by atoms with van der Waals surface area (Å²) in [7, 11) is 0. The quantitative estimate of drug-likeness (QED) is 0.884. The van der Waals surface area contributed by atoms with Gasteiger partial charge in [-0.2, -0.15) is 0 Å². The van der Waals surface area contributed by atoms with Crippen LogP contribution < -0.4 is 10.1 Å². The van der Waals surface area contributed by atoms with Gasteiger partial charge in [0.05, 0.1) is 5.92 Å². The van der Waals surface area contributed by atoms with Gasteiger partial charge in [-0.1, -0.05) is 11.6 Å². The second kappa shape index (κ2) is 5.66. The Morgan fingerprint density at radius 2 is 1.79 bits per heavy atom. The fourth-order valence-corrected chi connectivity index (χ4v) is 6.17. The first-order valence-electron chi connectivity index (χ1n) is 9.37. The van der Waals surface area contributed by atoms with Crippen LogP contribution in [0.25, 0.3) is 0 Å². The summed E-state index contributed by atoms with van der Waals surface area (Å²) in [5, 5.41) is 4.13. The number of hydrogen-bond donors (Lipinski definition) is 1. The van der Waals surface area contributed by atoms with Crippen LogP contribution in [0.15, 0.2) is 18.2 Å². The van der Waals surface area contributed by atoms with Crippen molar-refractivity contribution in [1.82, 2.24) is 5.32 Å². The highest BCUT2D eigenvalue weighted by molar-refractivity contribution is 6.30. The lowest BCUT2D eigenvalue weighted by molar-refractivity contribution is -0.130. The molecule has 4 bridgehead atoms. The van der Waals surface area contributed by atoms with Crippen LogP contribution in [0.4, 0.5) is 0 Å². The van der Waals surface area contributed by atoms with E-state index in [0.717, 1.165) is 41.4 Å². The molecule has 1 heterocycles. The molecule has 1 unspecified atom stereocenters. The Morgan fingerprint density at radius 3 is 2.50 bits per heavy atom. The van der Waals surface area contributed by atoms with E-state index in [1.165, 1.54) is 32.1 Å². The van der Waals surface area contributed by atoms with Crippen molar-refractivity contribution in [2.45, 2.75) is 44.6 Å². The summed E-state index contributed by atoms with van der Waals surface area (Å²) in [6.07, 6.45) is 7.50. The molecule has 0 spiro atoms. The number of carbonyl (C=O) groups excluding carboxylic acids is 1. The SMILES string of the molecule is O=C(NC1C2CC3CC(C2)CC1C3)C1COc2ccc(Cl)cc2C1. The molecule has 5 aliphatic rings. The minimum atomic E-state index is -0.0897. The molecule has 1 amide bonds. The summed E-state index contributed by atoms with van der Waals surface area (Å²) in [5.74, 6) is 4.28. The van der Waals surface area contributed by atoms with Crippen molar-refractivity contribution < 1.29 is 9.53 Å². The van der Waals surface area contributed by atoms with Crippen LogP contribution in [0.2, 0.25) is 5.02 Å². The molecular formula is C20H24ClNO2. The molecule has 24 heavy (non-hydrogen) atoms. The van der Waals surface area contributed by atoms with Crippen LogP contribution in [0.5, 0.6) is 5.75 Å². The molecule has 4 saturated carbocycles. The highest BCUT2D eigenvalue weighted by atomic mass is 35.5. The predicted molar refractivity (Wildman–Crippen MR) is 93.1 cm³/mol. The second-order valence-corrected chi connectivity index (χ2v) is 8.87. The number of benzene rings is 1. The van der Waals surface area contributed by atoms with Gasteiger partial charge < -0.3 is 10.1 Å². The Hall–Kier alpha value is -1.22. The van der Waals surface area contributed by atoms with Gasteiger partial charge in [0.15, 0.2) is 0 Å². The number of nitrogens with one attached hydrogen (secondary N) is 1. The van der Waals surface area contributed by atoms with E-state index >= 15 is 0 Å². The zero-order valence-corrected chi connectivity index (χ0v) is 14.6. The monoisotopic (exact) mass is 345 g/mol. The summed E-state index contributed by atoms with van der Waals surface area (Å²) >= 11 is 6.09. The van der Waals surface area contributed by atoms with E-state index in [-0.39, 0.29) is 11.8 Å². The zero-order chi connectivity index (χ0) is 16.3. The molecule has 1 aliphatic heterocycles. The largest absolute Gasteiger partial charge is 0.492 e. The third-order valence-corrected chi connectivity index (χ3v) is 7.07. The Kier molecular flexibility index (Phi) is 3.55. The molecule has 4 fully saturated rings. The van der Waals surface area contributed by atoms with Crippen molar-refractivity contribution in [2.24, 2.45) is 29.6 Å². The first-order valence-corrected chi connectivity index (χ1v) is 9.75. The van der Waals surface area contributed by atoms with E-state index in [1.54, 1.807) is 0 Å².